The minimum absolute atomic E-state index is 0.00963. The first-order valence-electron chi connectivity index (χ1n) is 7.46. The van der Waals surface area contributed by atoms with Gasteiger partial charge in [-0.05, 0) is 42.5 Å². The quantitative estimate of drug-likeness (QED) is 0.742. The highest BCUT2D eigenvalue weighted by atomic mass is 19.4. The van der Waals surface area contributed by atoms with Crippen molar-refractivity contribution in [2.24, 2.45) is 0 Å². The molecule has 0 aliphatic carbocycles. The summed E-state index contributed by atoms with van der Waals surface area (Å²) < 4.78 is 44.9. The summed E-state index contributed by atoms with van der Waals surface area (Å²) in [4.78, 5) is 11.6. The van der Waals surface area contributed by atoms with Crippen LogP contribution in [0.3, 0.4) is 0 Å². The van der Waals surface area contributed by atoms with Crippen LogP contribution < -0.4 is 5.63 Å². The van der Waals surface area contributed by atoms with Crippen molar-refractivity contribution in [3.8, 4) is 0 Å². The van der Waals surface area contributed by atoms with Crippen LogP contribution >= 0.6 is 0 Å². The lowest BCUT2D eigenvalue weighted by Gasteiger charge is -2.16. The summed E-state index contributed by atoms with van der Waals surface area (Å²) in [5.74, 6) is 0. The summed E-state index contributed by atoms with van der Waals surface area (Å²) in [6, 6.07) is 2.07. The van der Waals surface area contributed by atoms with E-state index in [-0.39, 0.29) is 11.0 Å². The van der Waals surface area contributed by atoms with Gasteiger partial charge in [-0.1, -0.05) is 26.7 Å². The second-order valence-electron chi connectivity index (χ2n) is 5.49. The van der Waals surface area contributed by atoms with Crippen molar-refractivity contribution >= 4 is 11.0 Å². The highest BCUT2D eigenvalue weighted by Gasteiger charge is 2.34. The van der Waals surface area contributed by atoms with Crippen molar-refractivity contribution in [2.45, 2.75) is 52.6 Å². The Bertz CT molecular complexity index is 742. The van der Waals surface area contributed by atoms with E-state index in [0.29, 0.717) is 24.5 Å². The van der Waals surface area contributed by atoms with Gasteiger partial charge in [0, 0.05) is 11.5 Å². The fourth-order valence-electron chi connectivity index (χ4n) is 2.83. The molecule has 0 atom stereocenters. The van der Waals surface area contributed by atoms with Gasteiger partial charge in [0.1, 0.15) is 5.58 Å². The molecule has 120 valence electrons. The summed E-state index contributed by atoms with van der Waals surface area (Å²) in [5, 5.41) is -0.00963. The molecule has 0 spiro atoms. The zero-order chi connectivity index (χ0) is 16.5. The van der Waals surface area contributed by atoms with Crippen molar-refractivity contribution in [1.82, 2.24) is 0 Å². The van der Waals surface area contributed by atoms with Crippen molar-refractivity contribution < 1.29 is 17.6 Å². The topological polar surface area (TPSA) is 30.2 Å². The molecular weight excluding hydrogens is 293 g/mol. The molecule has 0 aliphatic rings. The third kappa shape index (κ3) is 3.03. The number of alkyl halides is 3. The Morgan fingerprint density at radius 3 is 2.27 bits per heavy atom. The Labute approximate surface area is 126 Å². The first-order valence-corrected chi connectivity index (χ1v) is 7.46. The van der Waals surface area contributed by atoms with Crippen LogP contribution in [0.25, 0.3) is 11.0 Å². The van der Waals surface area contributed by atoms with Crippen LogP contribution in [0.1, 0.15) is 48.9 Å². The number of hydrogen-bond donors (Lipinski definition) is 0. The first-order chi connectivity index (χ1) is 10.3. The highest BCUT2D eigenvalue weighted by molar-refractivity contribution is 5.85. The molecule has 0 saturated heterocycles. The minimum Gasteiger partial charge on any atom is -0.422 e. The first kappa shape index (κ1) is 16.6. The predicted molar refractivity (Wildman–Crippen MR) is 80.2 cm³/mol. The van der Waals surface area contributed by atoms with E-state index in [1.807, 2.05) is 20.8 Å². The Morgan fingerprint density at radius 2 is 1.73 bits per heavy atom. The van der Waals surface area contributed by atoms with Crippen molar-refractivity contribution in [3.05, 3.63) is 44.8 Å². The molecule has 1 aromatic carbocycles. The van der Waals surface area contributed by atoms with E-state index in [1.54, 1.807) is 0 Å². The number of fused-ring (bicyclic) bond motifs is 1. The lowest BCUT2D eigenvalue weighted by molar-refractivity contribution is -0.136. The summed E-state index contributed by atoms with van der Waals surface area (Å²) >= 11 is 0. The Balaban J connectivity index is 2.92. The van der Waals surface area contributed by atoms with Gasteiger partial charge < -0.3 is 4.42 Å². The summed E-state index contributed by atoms with van der Waals surface area (Å²) in [6.07, 6.45) is -1.67. The molecule has 0 radical (unpaired) electrons. The number of benzene rings is 1. The molecule has 0 aliphatic heterocycles. The average Bonchev–Trinajstić information content (AvgIpc) is 2.42. The monoisotopic (exact) mass is 312 g/mol. The molecule has 0 unspecified atom stereocenters. The Morgan fingerprint density at radius 1 is 1.09 bits per heavy atom. The van der Waals surface area contributed by atoms with E-state index in [0.717, 1.165) is 24.0 Å². The van der Waals surface area contributed by atoms with Gasteiger partial charge in [0.05, 0.1) is 5.56 Å². The van der Waals surface area contributed by atoms with E-state index in [1.165, 1.54) is 6.07 Å². The molecule has 22 heavy (non-hydrogen) atoms. The van der Waals surface area contributed by atoms with Gasteiger partial charge in [-0.3, -0.25) is 0 Å². The zero-order valence-corrected chi connectivity index (χ0v) is 12.9. The van der Waals surface area contributed by atoms with E-state index in [2.05, 4.69) is 0 Å². The van der Waals surface area contributed by atoms with Gasteiger partial charge in [0.2, 0.25) is 0 Å². The predicted octanol–water partition coefficient (Wildman–Crippen LogP) is 5.03. The van der Waals surface area contributed by atoms with Crippen molar-refractivity contribution in [3.63, 3.8) is 0 Å². The molecule has 0 fully saturated rings. The maximum absolute atomic E-state index is 13.3. The van der Waals surface area contributed by atoms with Crippen LogP contribution in [0.4, 0.5) is 13.2 Å². The number of aryl methyl sites for hydroxylation is 2. The zero-order valence-electron chi connectivity index (χ0n) is 12.9. The van der Waals surface area contributed by atoms with E-state index < -0.39 is 17.4 Å². The maximum atomic E-state index is 13.3. The molecule has 0 saturated carbocycles. The van der Waals surface area contributed by atoms with E-state index in [9.17, 15) is 18.0 Å². The van der Waals surface area contributed by atoms with Gasteiger partial charge in [-0.25, -0.2) is 4.79 Å². The summed E-state index contributed by atoms with van der Waals surface area (Å²) in [6.45, 7) is 5.82. The standard InChI is InChI=1S/C17H19F3O2/c1-4-6-11-8-13-14(17(18,19)20)9-15(21)22-16(13)12(7-5-2)10(11)3/h8-9H,4-7H2,1-3H3. The van der Waals surface area contributed by atoms with Crippen LogP contribution in [0.2, 0.25) is 0 Å². The molecule has 2 nitrogen and oxygen atoms in total. The van der Waals surface area contributed by atoms with Crippen LogP contribution in [-0.2, 0) is 19.0 Å². The normalized spacial score (nSPS) is 12.1. The van der Waals surface area contributed by atoms with Crippen LogP contribution in [-0.4, -0.2) is 0 Å². The fourth-order valence-corrected chi connectivity index (χ4v) is 2.83. The highest BCUT2D eigenvalue weighted by Crippen LogP contribution is 2.37. The van der Waals surface area contributed by atoms with Gasteiger partial charge in [-0.2, -0.15) is 13.2 Å². The molecule has 0 amide bonds. The average molecular weight is 312 g/mol. The smallest absolute Gasteiger partial charge is 0.417 e. The number of hydrogen-bond acceptors (Lipinski definition) is 2. The van der Waals surface area contributed by atoms with Gasteiger partial charge in [-0.15, -0.1) is 0 Å². The molecule has 5 heteroatoms. The van der Waals surface area contributed by atoms with Gasteiger partial charge in [0.15, 0.2) is 0 Å². The number of halogens is 3. The van der Waals surface area contributed by atoms with Crippen LogP contribution in [0.5, 0.6) is 0 Å². The van der Waals surface area contributed by atoms with Gasteiger partial charge in [0.25, 0.3) is 0 Å². The molecule has 2 rings (SSSR count). The molecule has 2 aromatic rings. The van der Waals surface area contributed by atoms with Crippen molar-refractivity contribution in [2.75, 3.05) is 0 Å². The lowest BCUT2D eigenvalue weighted by Crippen LogP contribution is -2.12. The van der Waals surface area contributed by atoms with Crippen LogP contribution in [0, 0.1) is 6.92 Å². The van der Waals surface area contributed by atoms with Gasteiger partial charge >= 0.3 is 11.8 Å². The fraction of sp³-hybridized carbons (Fsp3) is 0.471. The second-order valence-corrected chi connectivity index (χ2v) is 5.49. The molecule has 1 heterocycles. The summed E-state index contributed by atoms with van der Waals surface area (Å²) in [7, 11) is 0. The lowest BCUT2D eigenvalue weighted by atomic mass is 9.92. The third-order valence-electron chi connectivity index (χ3n) is 3.85. The third-order valence-corrected chi connectivity index (χ3v) is 3.85. The second kappa shape index (κ2) is 6.15. The van der Waals surface area contributed by atoms with E-state index in [4.69, 9.17) is 4.42 Å². The molecular formula is C17H19F3O2. The molecule has 0 N–H and O–H groups in total. The Kier molecular flexibility index (Phi) is 4.63. The SMILES string of the molecule is CCCc1cc2c(C(F)(F)F)cc(=O)oc2c(CCC)c1C. The van der Waals surface area contributed by atoms with E-state index >= 15 is 0 Å². The number of rotatable bonds is 4. The maximum Gasteiger partial charge on any atom is 0.417 e. The molecule has 1 aromatic heterocycles. The van der Waals surface area contributed by atoms with Crippen LogP contribution in [0.15, 0.2) is 21.3 Å². The molecule has 0 bridgehead atoms. The summed E-state index contributed by atoms with van der Waals surface area (Å²) in [5.41, 5.74) is 0.746. The Hall–Kier alpha value is -1.78. The largest absolute Gasteiger partial charge is 0.422 e. The van der Waals surface area contributed by atoms with Crippen molar-refractivity contribution in [1.29, 1.82) is 0 Å². The minimum atomic E-state index is -4.57.